The van der Waals surface area contributed by atoms with Crippen LogP contribution in [0.3, 0.4) is 0 Å². The van der Waals surface area contributed by atoms with Gasteiger partial charge in [-0.05, 0) is 48.0 Å². The number of benzene rings is 3. The predicted octanol–water partition coefficient (Wildman–Crippen LogP) is 5.08. The maximum absolute atomic E-state index is 13.9. The largest absolute Gasteiger partial charge is 0.497 e. The Bertz CT molecular complexity index is 1270. The lowest BCUT2D eigenvalue weighted by Gasteiger charge is -2.09. The highest BCUT2D eigenvalue weighted by Gasteiger charge is 2.14. The summed E-state index contributed by atoms with van der Waals surface area (Å²) in [5.41, 5.74) is 3.53. The molecule has 4 rings (SSSR count). The lowest BCUT2D eigenvalue weighted by Crippen LogP contribution is -2.23. The zero-order valence-electron chi connectivity index (χ0n) is 18.1. The van der Waals surface area contributed by atoms with Gasteiger partial charge in [-0.1, -0.05) is 30.3 Å². The third kappa shape index (κ3) is 5.63. The molecule has 7 heteroatoms. The van der Waals surface area contributed by atoms with Crippen LogP contribution in [0.2, 0.25) is 0 Å². The molecule has 0 spiro atoms. The van der Waals surface area contributed by atoms with Crippen LogP contribution in [0.25, 0.3) is 16.9 Å². The van der Waals surface area contributed by atoms with E-state index in [1.54, 1.807) is 30.0 Å². The minimum Gasteiger partial charge on any atom is -0.497 e. The second-order valence-electron chi connectivity index (χ2n) is 7.55. The number of nitrogens with zero attached hydrogens (tertiary/aromatic N) is 2. The quantitative estimate of drug-likeness (QED) is 0.410. The van der Waals surface area contributed by atoms with Crippen molar-refractivity contribution < 1.29 is 18.3 Å². The summed E-state index contributed by atoms with van der Waals surface area (Å²) < 4.78 is 34.2. The minimum absolute atomic E-state index is 0.164. The van der Waals surface area contributed by atoms with Crippen LogP contribution in [0.5, 0.6) is 5.75 Å². The Kier molecular flexibility index (Phi) is 6.78. The van der Waals surface area contributed by atoms with Crippen molar-refractivity contribution in [1.82, 2.24) is 15.1 Å². The summed E-state index contributed by atoms with van der Waals surface area (Å²) in [7, 11) is 1.59. The lowest BCUT2D eigenvalue weighted by molar-refractivity contribution is -0.121. The molecular formula is C26H23F2N3O2. The first-order valence-corrected chi connectivity index (χ1v) is 10.5. The molecule has 0 aliphatic carbocycles. The van der Waals surface area contributed by atoms with E-state index in [2.05, 4.69) is 10.4 Å². The van der Waals surface area contributed by atoms with E-state index in [0.29, 0.717) is 34.7 Å². The van der Waals surface area contributed by atoms with Gasteiger partial charge in [-0.25, -0.2) is 13.5 Å². The number of hydrogen-bond donors (Lipinski definition) is 1. The van der Waals surface area contributed by atoms with E-state index in [1.165, 1.54) is 24.3 Å². The lowest BCUT2D eigenvalue weighted by atomic mass is 10.1. The molecule has 0 fully saturated rings. The molecule has 0 saturated carbocycles. The second-order valence-corrected chi connectivity index (χ2v) is 7.55. The monoisotopic (exact) mass is 447 g/mol. The van der Waals surface area contributed by atoms with Gasteiger partial charge in [-0.2, -0.15) is 5.10 Å². The number of ether oxygens (including phenoxy) is 1. The number of amides is 1. The highest BCUT2D eigenvalue weighted by atomic mass is 19.1. The molecule has 4 aromatic rings. The fraction of sp³-hybridized carbons (Fsp3) is 0.154. The van der Waals surface area contributed by atoms with E-state index in [9.17, 15) is 13.6 Å². The topological polar surface area (TPSA) is 56.2 Å². The summed E-state index contributed by atoms with van der Waals surface area (Å²) in [5.74, 6) is -0.173. The van der Waals surface area contributed by atoms with Crippen LogP contribution >= 0.6 is 0 Å². The number of halogens is 2. The van der Waals surface area contributed by atoms with E-state index in [0.717, 1.165) is 5.69 Å². The summed E-state index contributed by atoms with van der Waals surface area (Å²) in [4.78, 5) is 12.3. The first-order chi connectivity index (χ1) is 16.0. The van der Waals surface area contributed by atoms with E-state index < -0.39 is 0 Å². The molecule has 0 radical (unpaired) electrons. The van der Waals surface area contributed by atoms with Crippen molar-refractivity contribution in [3.63, 3.8) is 0 Å². The number of nitrogens with one attached hydrogen (secondary N) is 1. The SMILES string of the molecule is COc1cccc(-n2nc(CCC(=O)NCc3cccc(F)c3)cc2-c2cccc(F)c2)c1. The predicted molar refractivity (Wildman–Crippen MR) is 122 cm³/mol. The first kappa shape index (κ1) is 22.2. The molecule has 1 N–H and O–H groups in total. The molecule has 168 valence electrons. The van der Waals surface area contributed by atoms with E-state index in [-0.39, 0.29) is 30.5 Å². The second kappa shape index (κ2) is 10.1. The van der Waals surface area contributed by atoms with Gasteiger partial charge in [0.25, 0.3) is 0 Å². The third-order valence-corrected chi connectivity index (χ3v) is 5.17. The van der Waals surface area contributed by atoms with Crippen LogP contribution in [-0.4, -0.2) is 22.8 Å². The average molecular weight is 447 g/mol. The van der Waals surface area contributed by atoms with Crippen molar-refractivity contribution in [2.45, 2.75) is 19.4 Å². The van der Waals surface area contributed by atoms with Crippen molar-refractivity contribution >= 4 is 5.91 Å². The van der Waals surface area contributed by atoms with Gasteiger partial charge >= 0.3 is 0 Å². The van der Waals surface area contributed by atoms with E-state index >= 15 is 0 Å². The van der Waals surface area contributed by atoms with Gasteiger partial charge in [0.15, 0.2) is 0 Å². The van der Waals surface area contributed by atoms with Crippen LogP contribution in [-0.2, 0) is 17.8 Å². The van der Waals surface area contributed by atoms with E-state index in [4.69, 9.17) is 4.74 Å². The summed E-state index contributed by atoms with van der Waals surface area (Å²) in [5, 5.41) is 7.47. The molecule has 0 atom stereocenters. The highest BCUT2D eigenvalue weighted by molar-refractivity contribution is 5.76. The Morgan fingerprint density at radius 2 is 1.73 bits per heavy atom. The molecule has 1 aromatic heterocycles. The van der Waals surface area contributed by atoms with Crippen molar-refractivity contribution in [3.05, 3.63) is 102 Å². The molecule has 5 nitrogen and oxygen atoms in total. The number of hydrogen-bond acceptors (Lipinski definition) is 3. The molecule has 0 saturated heterocycles. The zero-order valence-corrected chi connectivity index (χ0v) is 18.1. The van der Waals surface area contributed by atoms with Crippen LogP contribution < -0.4 is 10.1 Å². The van der Waals surface area contributed by atoms with Crippen LogP contribution in [0.1, 0.15) is 17.7 Å². The van der Waals surface area contributed by atoms with Gasteiger partial charge in [0.2, 0.25) is 5.91 Å². The Morgan fingerprint density at radius 1 is 0.970 bits per heavy atom. The van der Waals surface area contributed by atoms with Gasteiger partial charge in [-0.15, -0.1) is 0 Å². The first-order valence-electron chi connectivity index (χ1n) is 10.5. The fourth-order valence-electron chi connectivity index (χ4n) is 3.52. The Morgan fingerprint density at radius 3 is 2.48 bits per heavy atom. The zero-order chi connectivity index (χ0) is 23.2. The molecule has 3 aromatic carbocycles. The molecule has 33 heavy (non-hydrogen) atoms. The molecule has 1 heterocycles. The smallest absolute Gasteiger partial charge is 0.220 e. The average Bonchev–Trinajstić information content (AvgIpc) is 3.26. The maximum Gasteiger partial charge on any atom is 0.220 e. The molecule has 0 aliphatic rings. The molecule has 0 unspecified atom stereocenters. The Labute approximate surface area is 190 Å². The molecule has 0 bridgehead atoms. The molecule has 1 amide bonds. The third-order valence-electron chi connectivity index (χ3n) is 5.17. The van der Waals surface area contributed by atoms with Gasteiger partial charge in [0.1, 0.15) is 17.4 Å². The van der Waals surface area contributed by atoms with Crippen molar-refractivity contribution in [3.8, 4) is 22.7 Å². The number of methoxy groups -OCH3 is 1. The van der Waals surface area contributed by atoms with Crippen LogP contribution in [0.4, 0.5) is 8.78 Å². The number of aryl methyl sites for hydroxylation is 1. The number of carbonyl (C=O) groups excluding carboxylic acids is 1. The Hall–Kier alpha value is -4.00. The molecular weight excluding hydrogens is 424 g/mol. The summed E-state index contributed by atoms with van der Waals surface area (Å²) in [6.07, 6.45) is 0.612. The summed E-state index contributed by atoms with van der Waals surface area (Å²) >= 11 is 0. The summed E-state index contributed by atoms with van der Waals surface area (Å²) in [6.45, 7) is 0.253. The standard InChI is InChI=1S/C26H23F2N3O2/c1-33-24-10-4-9-23(16-24)31-25(19-6-3-8-21(28)14-19)15-22(30-31)11-12-26(32)29-17-18-5-2-7-20(27)13-18/h2-10,13-16H,11-12,17H2,1H3,(H,29,32). The van der Waals surface area contributed by atoms with E-state index in [1.807, 2.05) is 36.4 Å². The van der Waals surface area contributed by atoms with Gasteiger partial charge in [-0.3, -0.25) is 4.79 Å². The molecule has 0 aliphatic heterocycles. The van der Waals surface area contributed by atoms with Crippen LogP contribution in [0.15, 0.2) is 78.9 Å². The van der Waals surface area contributed by atoms with Gasteiger partial charge in [0, 0.05) is 31.0 Å². The number of aromatic nitrogens is 2. The highest BCUT2D eigenvalue weighted by Crippen LogP contribution is 2.27. The van der Waals surface area contributed by atoms with Crippen molar-refractivity contribution in [1.29, 1.82) is 0 Å². The van der Waals surface area contributed by atoms with Crippen molar-refractivity contribution in [2.75, 3.05) is 7.11 Å². The normalized spacial score (nSPS) is 10.8. The van der Waals surface area contributed by atoms with Gasteiger partial charge in [0.05, 0.1) is 24.2 Å². The van der Waals surface area contributed by atoms with Crippen molar-refractivity contribution in [2.24, 2.45) is 0 Å². The van der Waals surface area contributed by atoms with Crippen LogP contribution in [0, 0.1) is 11.6 Å². The van der Waals surface area contributed by atoms with Gasteiger partial charge < -0.3 is 10.1 Å². The summed E-state index contributed by atoms with van der Waals surface area (Å²) in [6, 6.07) is 21.7. The Balaban J connectivity index is 1.53. The number of rotatable bonds is 8. The maximum atomic E-state index is 13.9. The number of carbonyl (C=O) groups is 1. The fourth-order valence-corrected chi connectivity index (χ4v) is 3.52. The minimum atomic E-state index is -0.343.